The quantitative estimate of drug-likeness (QED) is 0.766. The molecule has 4 heterocycles. The Morgan fingerprint density at radius 2 is 1.68 bits per heavy atom. The van der Waals surface area contributed by atoms with E-state index < -0.39 is 0 Å². The number of amides is 2. The summed E-state index contributed by atoms with van der Waals surface area (Å²) in [6, 6.07) is 4.02. The number of carbonyl (C=O) groups excluding carboxylic acids is 2. The monoisotopic (exact) mass is 418 g/mol. The van der Waals surface area contributed by atoms with Gasteiger partial charge in [-0.3, -0.25) is 14.5 Å². The Labute approximate surface area is 173 Å². The average molecular weight is 419 g/mol. The molecule has 2 aliphatic heterocycles. The molecule has 2 aromatic rings. The van der Waals surface area contributed by atoms with Crippen LogP contribution in [0.4, 0.5) is 0 Å². The number of aromatic nitrogens is 1. The highest BCUT2D eigenvalue weighted by atomic mass is 32.1. The first kappa shape index (κ1) is 19.5. The molecule has 0 aromatic carbocycles. The number of thiophene rings is 1. The number of hydrogen-bond donors (Lipinski definition) is 0. The molecule has 0 unspecified atom stereocenters. The molecule has 2 aromatic heterocycles. The van der Waals surface area contributed by atoms with Gasteiger partial charge in [-0.25, -0.2) is 4.98 Å². The lowest BCUT2D eigenvalue weighted by Gasteiger charge is -2.35. The second-order valence-electron chi connectivity index (χ2n) is 7.38. The van der Waals surface area contributed by atoms with Gasteiger partial charge in [-0.15, -0.1) is 22.7 Å². The van der Waals surface area contributed by atoms with Crippen LogP contribution < -0.4 is 0 Å². The molecule has 0 radical (unpaired) electrons. The summed E-state index contributed by atoms with van der Waals surface area (Å²) in [7, 11) is 0. The van der Waals surface area contributed by atoms with Crippen molar-refractivity contribution in [3.05, 3.63) is 28.6 Å². The fourth-order valence-corrected chi connectivity index (χ4v) is 5.38. The summed E-state index contributed by atoms with van der Waals surface area (Å²) in [4.78, 5) is 37.0. The summed E-state index contributed by atoms with van der Waals surface area (Å²) in [6.07, 6.45) is 4.70. The van der Waals surface area contributed by atoms with Crippen molar-refractivity contribution in [2.75, 3.05) is 45.8 Å². The normalized spacial score (nSPS) is 18.9. The minimum absolute atomic E-state index is 0.00227. The molecule has 2 amide bonds. The number of rotatable bonds is 4. The second-order valence-corrected chi connectivity index (χ2v) is 9.18. The highest BCUT2D eigenvalue weighted by Gasteiger charge is 2.26. The Morgan fingerprint density at radius 1 is 0.929 bits per heavy atom. The number of nitrogens with zero attached hydrogens (tertiary/aromatic N) is 4. The molecule has 2 aliphatic rings. The lowest BCUT2D eigenvalue weighted by molar-refractivity contribution is -0.132. The molecule has 0 spiro atoms. The van der Waals surface area contributed by atoms with Crippen LogP contribution in [0.1, 0.15) is 36.2 Å². The topological polar surface area (TPSA) is 56.8 Å². The minimum Gasteiger partial charge on any atom is -0.342 e. The van der Waals surface area contributed by atoms with E-state index in [-0.39, 0.29) is 11.8 Å². The van der Waals surface area contributed by atoms with Crippen molar-refractivity contribution in [1.82, 2.24) is 19.7 Å². The van der Waals surface area contributed by atoms with E-state index in [2.05, 4.69) is 9.88 Å². The summed E-state index contributed by atoms with van der Waals surface area (Å²) in [5, 5.41) is 4.77. The van der Waals surface area contributed by atoms with Crippen LogP contribution in [0.15, 0.2) is 22.9 Å². The van der Waals surface area contributed by atoms with Crippen molar-refractivity contribution in [2.24, 2.45) is 0 Å². The van der Waals surface area contributed by atoms with E-state index in [4.69, 9.17) is 0 Å². The van der Waals surface area contributed by atoms with Crippen LogP contribution in [0.5, 0.6) is 0 Å². The van der Waals surface area contributed by atoms with Gasteiger partial charge in [0.25, 0.3) is 5.91 Å². The predicted molar refractivity (Wildman–Crippen MR) is 113 cm³/mol. The zero-order valence-corrected chi connectivity index (χ0v) is 17.6. The van der Waals surface area contributed by atoms with Crippen LogP contribution in [0.25, 0.3) is 9.88 Å². The van der Waals surface area contributed by atoms with E-state index in [1.807, 2.05) is 32.7 Å². The largest absolute Gasteiger partial charge is 0.342 e. The van der Waals surface area contributed by atoms with Gasteiger partial charge < -0.3 is 9.80 Å². The first-order valence-corrected chi connectivity index (χ1v) is 11.8. The van der Waals surface area contributed by atoms with Crippen LogP contribution in [0.3, 0.4) is 0 Å². The maximum absolute atomic E-state index is 12.8. The maximum Gasteiger partial charge on any atom is 0.273 e. The Bertz CT molecular complexity index is 789. The number of piperazine rings is 1. The molecule has 150 valence electrons. The van der Waals surface area contributed by atoms with E-state index in [1.165, 1.54) is 24.2 Å². The van der Waals surface area contributed by atoms with Gasteiger partial charge in [0.05, 0.1) is 11.4 Å². The smallest absolute Gasteiger partial charge is 0.273 e. The van der Waals surface area contributed by atoms with Crippen LogP contribution in [0.2, 0.25) is 0 Å². The van der Waals surface area contributed by atoms with Gasteiger partial charge >= 0.3 is 0 Å². The van der Waals surface area contributed by atoms with Crippen LogP contribution >= 0.6 is 22.7 Å². The average Bonchev–Trinajstić information content (AvgIpc) is 3.34. The number of hydrogen-bond acceptors (Lipinski definition) is 6. The standard InChI is InChI=1S/C20H26N4O2S2/c25-18(23-7-3-1-2-4-8-23)14-22-9-11-24(12-10-22)20(26)16-15-28-19(21-16)17-6-5-13-27-17/h5-6,13,15H,1-4,7-12,14H2. The maximum atomic E-state index is 12.8. The van der Waals surface area contributed by atoms with Gasteiger partial charge in [-0.1, -0.05) is 18.9 Å². The van der Waals surface area contributed by atoms with E-state index in [0.29, 0.717) is 25.3 Å². The minimum atomic E-state index is -0.00227. The highest BCUT2D eigenvalue weighted by molar-refractivity contribution is 7.20. The Morgan fingerprint density at radius 3 is 2.36 bits per heavy atom. The molecule has 0 N–H and O–H groups in total. The zero-order valence-electron chi connectivity index (χ0n) is 16.0. The van der Waals surface area contributed by atoms with E-state index in [0.717, 1.165) is 48.9 Å². The molecule has 0 atom stereocenters. The zero-order chi connectivity index (χ0) is 19.3. The van der Waals surface area contributed by atoms with Crippen molar-refractivity contribution in [2.45, 2.75) is 25.7 Å². The van der Waals surface area contributed by atoms with Crippen molar-refractivity contribution < 1.29 is 9.59 Å². The fraction of sp³-hybridized carbons (Fsp3) is 0.550. The SMILES string of the molecule is O=C(CN1CCN(C(=O)c2csc(-c3cccs3)n2)CC1)N1CCCCCC1. The summed E-state index contributed by atoms with van der Waals surface area (Å²) >= 11 is 3.15. The van der Waals surface area contributed by atoms with Crippen LogP contribution in [-0.4, -0.2) is 77.3 Å². The lowest BCUT2D eigenvalue weighted by Crippen LogP contribution is -2.51. The first-order chi connectivity index (χ1) is 13.7. The van der Waals surface area contributed by atoms with Gasteiger partial charge in [-0.2, -0.15) is 0 Å². The number of likely N-dealkylation sites (tertiary alicyclic amines) is 1. The van der Waals surface area contributed by atoms with Crippen LogP contribution in [0, 0.1) is 0 Å². The molecule has 28 heavy (non-hydrogen) atoms. The highest BCUT2D eigenvalue weighted by Crippen LogP contribution is 2.28. The molecule has 0 bridgehead atoms. The van der Waals surface area contributed by atoms with Crippen molar-refractivity contribution >= 4 is 34.5 Å². The Hall–Kier alpha value is -1.77. The molecular formula is C20H26N4O2S2. The molecule has 2 saturated heterocycles. The molecular weight excluding hydrogens is 392 g/mol. The van der Waals surface area contributed by atoms with Crippen molar-refractivity contribution in [3.8, 4) is 9.88 Å². The molecule has 0 saturated carbocycles. The Balaban J connectivity index is 1.28. The third-order valence-electron chi connectivity index (χ3n) is 5.43. The third-order valence-corrected chi connectivity index (χ3v) is 7.31. The van der Waals surface area contributed by atoms with Gasteiger partial charge in [-0.05, 0) is 24.3 Å². The second kappa shape index (κ2) is 9.15. The van der Waals surface area contributed by atoms with Crippen molar-refractivity contribution in [3.63, 3.8) is 0 Å². The summed E-state index contributed by atoms with van der Waals surface area (Å²) in [6.45, 7) is 5.05. The molecule has 0 aliphatic carbocycles. The van der Waals surface area contributed by atoms with Crippen molar-refractivity contribution in [1.29, 1.82) is 0 Å². The van der Waals surface area contributed by atoms with E-state index in [1.54, 1.807) is 11.3 Å². The van der Waals surface area contributed by atoms with Crippen LogP contribution in [-0.2, 0) is 4.79 Å². The summed E-state index contributed by atoms with van der Waals surface area (Å²) in [5.41, 5.74) is 0.530. The lowest BCUT2D eigenvalue weighted by atomic mass is 10.2. The molecule has 2 fully saturated rings. The Kier molecular flexibility index (Phi) is 6.39. The number of thiazole rings is 1. The third kappa shape index (κ3) is 4.61. The molecule has 4 rings (SSSR count). The molecule has 6 nitrogen and oxygen atoms in total. The van der Waals surface area contributed by atoms with E-state index in [9.17, 15) is 9.59 Å². The van der Waals surface area contributed by atoms with Gasteiger partial charge in [0.1, 0.15) is 10.7 Å². The fourth-order valence-electron chi connectivity index (χ4n) is 3.77. The number of carbonyl (C=O) groups is 2. The predicted octanol–water partition coefficient (Wildman–Crippen LogP) is 3.03. The summed E-state index contributed by atoms with van der Waals surface area (Å²) in [5.74, 6) is 0.235. The van der Waals surface area contributed by atoms with Gasteiger partial charge in [0.15, 0.2) is 0 Å². The first-order valence-electron chi connectivity index (χ1n) is 9.99. The van der Waals surface area contributed by atoms with Gasteiger partial charge in [0, 0.05) is 44.6 Å². The molecule has 8 heteroatoms. The van der Waals surface area contributed by atoms with Gasteiger partial charge in [0.2, 0.25) is 5.91 Å². The van der Waals surface area contributed by atoms with E-state index >= 15 is 0 Å². The summed E-state index contributed by atoms with van der Waals surface area (Å²) < 4.78 is 0.